The average molecular weight is 241 g/mol. The van der Waals surface area contributed by atoms with Crippen molar-refractivity contribution in [1.82, 2.24) is 4.98 Å². The Hall–Kier alpha value is -2.36. The number of carbonyl (C=O) groups is 1. The number of fused-ring (bicyclic) bond motifs is 3. The third-order valence-corrected chi connectivity index (χ3v) is 3.21. The molecule has 4 nitrogen and oxygen atoms in total. The lowest BCUT2D eigenvalue weighted by Crippen LogP contribution is -2.01. The highest BCUT2D eigenvalue weighted by atomic mass is 16.5. The van der Waals surface area contributed by atoms with Crippen LogP contribution in [0.25, 0.3) is 11.3 Å². The molecule has 1 aromatic heterocycles. The molecule has 2 aromatic rings. The fourth-order valence-electron chi connectivity index (χ4n) is 2.38. The van der Waals surface area contributed by atoms with Crippen LogP contribution in [0.15, 0.2) is 24.4 Å². The zero-order valence-corrected chi connectivity index (χ0v) is 10.0. The number of methoxy groups -OCH3 is 1. The molecule has 0 radical (unpaired) electrons. The van der Waals surface area contributed by atoms with Gasteiger partial charge in [0.2, 0.25) is 0 Å². The van der Waals surface area contributed by atoms with Gasteiger partial charge in [-0.15, -0.1) is 0 Å². The molecule has 0 amide bonds. The van der Waals surface area contributed by atoms with Crippen molar-refractivity contribution < 1.29 is 14.6 Å². The number of rotatable bonds is 1. The molecule has 1 aromatic carbocycles. The molecule has 0 saturated heterocycles. The number of aryl methyl sites for hydroxylation is 1. The van der Waals surface area contributed by atoms with E-state index in [9.17, 15) is 9.90 Å². The van der Waals surface area contributed by atoms with Crippen LogP contribution in [-0.4, -0.2) is 23.0 Å². The summed E-state index contributed by atoms with van der Waals surface area (Å²) in [4.78, 5) is 16.7. The number of pyridine rings is 1. The molecule has 3 rings (SSSR count). The second-order valence-corrected chi connectivity index (χ2v) is 4.22. The number of phenolic OH excluding ortho intramolecular Hbond substituents is 1. The van der Waals surface area contributed by atoms with Crippen molar-refractivity contribution in [2.75, 3.05) is 7.11 Å². The lowest BCUT2D eigenvalue weighted by molar-refractivity contribution is 0.103. The standard InChI is InChI=1S/C14H11NO3/c1-7-5-6-15-12-8-3-4-9(16)14(18-2)11(8)13(17)10(7)12/h3-6,16H,1-2H3. The van der Waals surface area contributed by atoms with E-state index in [1.165, 1.54) is 13.2 Å². The number of carbonyl (C=O) groups excluding carboxylic acids is 1. The molecule has 1 aliphatic rings. The van der Waals surface area contributed by atoms with Gasteiger partial charge < -0.3 is 9.84 Å². The van der Waals surface area contributed by atoms with Gasteiger partial charge >= 0.3 is 0 Å². The van der Waals surface area contributed by atoms with Gasteiger partial charge in [0.05, 0.1) is 23.9 Å². The predicted molar refractivity (Wildman–Crippen MR) is 66.1 cm³/mol. The molecule has 0 fully saturated rings. The molecular formula is C14H11NO3. The topological polar surface area (TPSA) is 59.4 Å². The molecule has 4 heteroatoms. The van der Waals surface area contributed by atoms with Gasteiger partial charge in [0.1, 0.15) is 0 Å². The summed E-state index contributed by atoms with van der Waals surface area (Å²) in [5.74, 6) is 0.0447. The Kier molecular flexibility index (Phi) is 2.13. The molecule has 0 spiro atoms. The number of aromatic nitrogens is 1. The Labute approximate surface area is 104 Å². The summed E-state index contributed by atoms with van der Waals surface area (Å²) in [6, 6.07) is 5.02. The first-order valence-electron chi connectivity index (χ1n) is 5.55. The lowest BCUT2D eigenvalue weighted by atomic mass is 10.1. The molecule has 0 saturated carbocycles. The van der Waals surface area contributed by atoms with Crippen LogP contribution in [0.5, 0.6) is 11.5 Å². The molecule has 0 atom stereocenters. The molecular weight excluding hydrogens is 230 g/mol. The van der Waals surface area contributed by atoms with Crippen molar-refractivity contribution in [2.24, 2.45) is 0 Å². The van der Waals surface area contributed by atoms with E-state index < -0.39 is 0 Å². The van der Waals surface area contributed by atoms with Crippen molar-refractivity contribution in [3.05, 3.63) is 41.1 Å². The molecule has 0 unspecified atom stereocenters. The summed E-state index contributed by atoms with van der Waals surface area (Å²) in [6.07, 6.45) is 1.68. The minimum absolute atomic E-state index is 0.0324. The highest BCUT2D eigenvalue weighted by Gasteiger charge is 2.33. The number of hydrogen-bond acceptors (Lipinski definition) is 4. The highest BCUT2D eigenvalue weighted by Crippen LogP contribution is 2.44. The largest absolute Gasteiger partial charge is 0.504 e. The third-order valence-electron chi connectivity index (χ3n) is 3.21. The van der Waals surface area contributed by atoms with E-state index in [0.29, 0.717) is 22.4 Å². The summed E-state index contributed by atoms with van der Waals surface area (Å²) in [6.45, 7) is 1.87. The number of nitrogens with zero attached hydrogens (tertiary/aromatic N) is 1. The first kappa shape index (κ1) is 10.8. The summed E-state index contributed by atoms with van der Waals surface area (Å²) in [7, 11) is 1.44. The minimum Gasteiger partial charge on any atom is -0.504 e. The number of aromatic hydroxyl groups is 1. The summed E-state index contributed by atoms with van der Waals surface area (Å²) < 4.78 is 5.13. The summed E-state index contributed by atoms with van der Waals surface area (Å²) in [5, 5.41) is 9.74. The summed E-state index contributed by atoms with van der Waals surface area (Å²) >= 11 is 0. The van der Waals surface area contributed by atoms with Crippen LogP contribution >= 0.6 is 0 Å². The maximum absolute atomic E-state index is 12.4. The Morgan fingerprint density at radius 2 is 2.00 bits per heavy atom. The van der Waals surface area contributed by atoms with Crippen LogP contribution in [0.2, 0.25) is 0 Å². The van der Waals surface area contributed by atoms with Crippen LogP contribution in [0.3, 0.4) is 0 Å². The fourth-order valence-corrected chi connectivity index (χ4v) is 2.38. The van der Waals surface area contributed by atoms with Crippen LogP contribution in [0.4, 0.5) is 0 Å². The van der Waals surface area contributed by atoms with Crippen molar-refractivity contribution in [1.29, 1.82) is 0 Å². The molecule has 0 bridgehead atoms. The molecule has 90 valence electrons. The second kappa shape index (κ2) is 3.57. The molecule has 1 N–H and O–H groups in total. The normalized spacial score (nSPS) is 12.2. The highest BCUT2D eigenvalue weighted by molar-refractivity contribution is 6.23. The van der Waals surface area contributed by atoms with Gasteiger partial charge in [0.15, 0.2) is 17.3 Å². The van der Waals surface area contributed by atoms with Gasteiger partial charge in [-0.25, -0.2) is 0 Å². The van der Waals surface area contributed by atoms with Gasteiger partial charge in [-0.1, -0.05) is 0 Å². The number of hydrogen-bond donors (Lipinski definition) is 1. The van der Waals surface area contributed by atoms with Crippen molar-refractivity contribution in [3.8, 4) is 22.8 Å². The van der Waals surface area contributed by atoms with Gasteiger partial charge in [0, 0.05) is 11.8 Å². The van der Waals surface area contributed by atoms with Crippen LogP contribution in [0.1, 0.15) is 21.5 Å². The molecule has 1 heterocycles. The maximum atomic E-state index is 12.4. The zero-order chi connectivity index (χ0) is 12.9. The van der Waals surface area contributed by atoms with Crippen molar-refractivity contribution >= 4 is 5.78 Å². The van der Waals surface area contributed by atoms with Gasteiger partial charge in [0.25, 0.3) is 0 Å². The lowest BCUT2D eigenvalue weighted by Gasteiger charge is -2.07. The Balaban J connectivity index is 2.40. The number of ether oxygens (including phenoxy) is 1. The number of benzene rings is 1. The van der Waals surface area contributed by atoms with E-state index in [1.807, 2.05) is 6.92 Å². The van der Waals surface area contributed by atoms with E-state index >= 15 is 0 Å². The zero-order valence-electron chi connectivity index (χ0n) is 10.0. The van der Waals surface area contributed by atoms with Gasteiger partial charge in [-0.2, -0.15) is 0 Å². The minimum atomic E-state index is -0.140. The summed E-state index contributed by atoms with van der Waals surface area (Å²) in [5.41, 5.74) is 3.25. The van der Waals surface area contributed by atoms with E-state index in [-0.39, 0.29) is 17.3 Å². The Bertz CT molecular complexity index is 677. The van der Waals surface area contributed by atoms with E-state index in [0.717, 1.165) is 5.56 Å². The smallest absolute Gasteiger partial charge is 0.200 e. The molecule has 18 heavy (non-hydrogen) atoms. The first-order chi connectivity index (χ1) is 8.65. The van der Waals surface area contributed by atoms with Crippen molar-refractivity contribution in [3.63, 3.8) is 0 Å². The van der Waals surface area contributed by atoms with Gasteiger partial charge in [-0.05, 0) is 30.7 Å². The van der Waals surface area contributed by atoms with Crippen LogP contribution < -0.4 is 4.74 Å². The van der Waals surface area contributed by atoms with E-state index in [4.69, 9.17) is 4.74 Å². The van der Waals surface area contributed by atoms with E-state index in [2.05, 4.69) is 4.98 Å². The van der Waals surface area contributed by atoms with E-state index in [1.54, 1.807) is 18.3 Å². The molecule has 1 aliphatic carbocycles. The first-order valence-corrected chi connectivity index (χ1v) is 5.55. The number of phenols is 1. The fraction of sp³-hybridized carbons (Fsp3) is 0.143. The third kappa shape index (κ3) is 1.20. The SMILES string of the molecule is COc1c(O)ccc2c1C(=O)c1c(C)ccnc1-2. The second-order valence-electron chi connectivity index (χ2n) is 4.22. The predicted octanol–water partition coefficient (Wildman–Crippen LogP) is 2.32. The van der Waals surface area contributed by atoms with Gasteiger partial charge in [-0.3, -0.25) is 9.78 Å². The monoisotopic (exact) mass is 241 g/mol. The molecule has 0 aliphatic heterocycles. The maximum Gasteiger partial charge on any atom is 0.200 e. The van der Waals surface area contributed by atoms with Crippen LogP contribution in [0, 0.1) is 6.92 Å². The van der Waals surface area contributed by atoms with Crippen molar-refractivity contribution in [2.45, 2.75) is 6.92 Å². The quantitative estimate of drug-likeness (QED) is 0.710. The number of ketones is 1. The Morgan fingerprint density at radius 1 is 1.22 bits per heavy atom. The Morgan fingerprint density at radius 3 is 2.72 bits per heavy atom. The average Bonchev–Trinajstić information content (AvgIpc) is 2.65. The van der Waals surface area contributed by atoms with Crippen LogP contribution in [-0.2, 0) is 0 Å².